The molecule has 0 aromatic carbocycles. The monoisotopic (exact) mass is 551 g/mol. The summed E-state index contributed by atoms with van der Waals surface area (Å²) in [6.07, 6.45) is 1.41. The molecule has 2 atom stereocenters. The number of ether oxygens (including phenoxy) is 1. The van der Waals surface area contributed by atoms with Gasteiger partial charge in [0.15, 0.2) is 11.6 Å². The molecule has 0 radical (unpaired) electrons. The van der Waals surface area contributed by atoms with Gasteiger partial charge in [0.2, 0.25) is 0 Å². The van der Waals surface area contributed by atoms with Gasteiger partial charge in [-0.25, -0.2) is 4.39 Å². The predicted octanol–water partition coefficient (Wildman–Crippen LogP) is 2.74. The predicted molar refractivity (Wildman–Crippen MR) is 143 cm³/mol. The highest BCUT2D eigenvalue weighted by atomic mass is 32.2. The number of fused-ring (bicyclic) bond motifs is 3. The van der Waals surface area contributed by atoms with E-state index >= 15 is 0 Å². The summed E-state index contributed by atoms with van der Waals surface area (Å²) in [4.78, 5) is 16.1. The minimum atomic E-state index is -0.871. The second-order valence-electron chi connectivity index (χ2n) is 10.4. The zero-order chi connectivity index (χ0) is 26.7. The molecule has 38 heavy (non-hydrogen) atoms. The summed E-state index contributed by atoms with van der Waals surface area (Å²) >= 11 is 3.26. The lowest BCUT2D eigenvalue weighted by Gasteiger charge is -2.48. The van der Waals surface area contributed by atoms with Crippen LogP contribution in [0.25, 0.3) is 0 Å². The van der Waals surface area contributed by atoms with Crippen LogP contribution in [0, 0.1) is 34.0 Å². The molecular weight excluding hydrogens is 525 g/mol. The Kier molecular flexibility index (Phi) is 6.03. The van der Waals surface area contributed by atoms with Crippen molar-refractivity contribution in [2.24, 2.45) is 0 Å². The molecule has 6 rings (SSSR count). The lowest BCUT2D eigenvalue weighted by atomic mass is 9.88. The van der Waals surface area contributed by atoms with E-state index in [0.29, 0.717) is 48.3 Å². The number of halogens is 1. The molecule has 0 unspecified atom stereocenters. The van der Waals surface area contributed by atoms with Crippen LogP contribution in [0.3, 0.4) is 0 Å². The van der Waals surface area contributed by atoms with Gasteiger partial charge in [0.05, 0.1) is 21.9 Å². The Bertz CT molecular complexity index is 1420. The highest BCUT2D eigenvalue weighted by Gasteiger charge is 2.53. The SMILES string of the molecule is CN(CC#N)c1nc(OC[C@@]23CCCN2C[C@H](F)C3)nc(N2CC3(C2)SCc2sc(N)c(C#N)c23)c1C#N. The van der Waals surface area contributed by atoms with E-state index in [4.69, 9.17) is 10.5 Å². The molecule has 2 N–H and O–H groups in total. The Hall–Kier alpha value is -3.31. The number of nitriles is 3. The molecule has 3 saturated heterocycles. The fourth-order valence-electron chi connectivity index (χ4n) is 6.35. The summed E-state index contributed by atoms with van der Waals surface area (Å²) in [5.74, 6) is 1.56. The molecule has 0 saturated carbocycles. The third-order valence-electron chi connectivity index (χ3n) is 8.11. The number of thioether (sulfide) groups is 1. The van der Waals surface area contributed by atoms with Crippen molar-refractivity contribution < 1.29 is 9.13 Å². The van der Waals surface area contributed by atoms with Gasteiger partial charge in [-0.3, -0.25) is 4.90 Å². The molecular formula is C25H26FN9OS2. The number of nitrogens with two attached hydrogens (primary N) is 1. The van der Waals surface area contributed by atoms with Crippen LogP contribution in [0.5, 0.6) is 6.01 Å². The molecule has 6 heterocycles. The van der Waals surface area contributed by atoms with Gasteiger partial charge in [0, 0.05) is 49.3 Å². The standard InChI is InChI=1S/C25H26FN9OS2/c1-33(6-4-27)21-17(9-29)22(32-23(31-21)36-14-24-3-2-5-35(24)10-15(26)7-24)34-12-25(13-34)19-16(8-28)20(30)38-18(19)11-37-25/h15H,2-3,5-7,10-14,30H2,1H3/t15-,24+/m1/s1. The Balaban J connectivity index is 1.32. The third kappa shape index (κ3) is 3.74. The Morgan fingerprint density at radius 3 is 2.76 bits per heavy atom. The summed E-state index contributed by atoms with van der Waals surface area (Å²) in [5, 5.41) is 29.7. The molecule has 0 amide bonds. The molecule has 0 aliphatic carbocycles. The van der Waals surface area contributed by atoms with Crippen LogP contribution in [0.1, 0.15) is 40.8 Å². The van der Waals surface area contributed by atoms with Gasteiger partial charge < -0.3 is 20.3 Å². The zero-order valence-electron chi connectivity index (χ0n) is 20.9. The minimum absolute atomic E-state index is 0.0364. The van der Waals surface area contributed by atoms with E-state index in [1.54, 1.807) is 23.7 Å². The second kappa shape index (κ2) is 9.16. The van der Waals surface area contributed by atoms with E-state index in [-0.39, 0.29) is 35.0 Å². The van der Waals surface area contributed by atoms with E-state index in [9.17, 15) is 20.2 Å². The van der Waals surface area contributed by atoms with E-state index in [0.717, 1.165) is 35.6 Å². The molecule has 1 spiro atoms. The maximum atomic E-state index is 14.3. The Morgan fingerprint density at radius 2 is 2.03 bits per heavy atom. The molecule has 10 nitrogen and oxygen atoms in total. The van der Waals surface area contributed by atoms with Crippen molar-refractivity contribution in [2.45, 2.75) is 41.5 Å². The van der Waals surface area contributed by atoms with Gasteiger partial charge in [0.25, 0.3) is 0 Å². The highest BCUT2D eigenvalue weighted by Crippen LogP contribution is 2.58. The zero-order valence-corrected chi connectivity index (χ0v) is 22.5. The third-order valence-corrected chi connectivity index (χ3v) is 10.8. The van der Waals surface area contributed by atoms with Crippen molar-refractivity contribution in [3.8, 4) is 24.2 Å². The maximum absolute atomic E-state index is 14.3. The molecule has 4 aliphatic heterocycles. The molecule has 196 valence electrons. The van der Waals surface area contributed by atoms with E-state index < -0.39 is 6.17 Å². The number of anilines is 3. The first-order chi connectivity index (χ1) is 18.3. The molecule has 4 aliphatic rings. The highest BCUT2D eigenvalue weighted by molar-refractivity contribution is 8.00. The quantitative estimate of drug-likeness (QED) is 0.530. The van der Waals surface area contributed by atoms with Crippen LogP contribution in [0.2, 0.25) is 0 Å². The number of hydrogen-bond acceptors (Lipinski definition) is 12. The summed E-state index contributed by atoms with van der Waals surface area (Å²) in [6.45, 7) is 2.70. The van der Waals surface area contributed by atoms with E-state index in [1.807, 2.05) is 4.90 Å². The van der Waals surface area contributed by atoms with Crippen molar-refractivity contribution in [3.05, 3.63) is 21.6 Å². The molecule has 0 bridgehead atoms. The van der Waals surface area contributed by atoms with Crippen LogP contribution in [-0.4, -0.2) is 73.0 Å². The maximum Gasteiger partial charge on any atom is 0.320 e. The normalized spacial score (nSPS) is 24.8. The van der Waals surface area contributed by atoms with Crippen LogP contribution in [-0.2, 0) is 10.5 Å². The number of thiophene rings is 1. The largest absolute Gasteiger partial charge is 0.461 e. The van der Waals surface area contributed by atoms with Crippen molar-refractivity contribution in [2.75, 3.05) is 61.9 Å². The topological polar surface area (TPSA) is 142 Å². The first-order valence-electron chi connectivity index (χ1n) is 12.5. The summed E-state index contributed by atoms with van der Waals surface area (Å²) in [5.41, 5.74) is 7.59. The Morgan fingerprint density at radius 1 is 1.24 bits per heavy atom. The van der Waals surface area contributed by atoms with Crippen molar-refractivity contribution in [1.82, 2.24) is 14.9 Å². The van der Waals surface area contributed by atoms with Crippen LogP contribution in [0.15, 0.2) is 0 Å². The smallest absolute Gasteiger partial charge is 0.320 e. The van der Waals surface area contributed by atoms with Crippen LogP contribution in [0.4, 0.5) is 21.0 Å². The van der Waals surface area contributed by atoms with Crippen LogP contribution < -0.4 is 20.3 Å². The van der Waals surface area contributed by atoms with Gasteiger partial charge in [0.1, 0.15) is 42.0 Å². The Labute approximate surface area is 228 Å². The number of hydrogen-bond donors (Lipinski definition) is 1. The van der Waals surface area contributed by atoms with Crippen molar-refractivity contribution in [3.63, 3.8) is 0 Å². The van der Waals surface area contributed by atoms with E-state index in [2.05, 4.69) is 33.1 Å². The molecule has 2 aromatic rings. The van der Waals surface area contributed by atoms with E-state index in [1.165, 1.54) is 11.3 Å². The minimum Gasteiger partial charge on any atom is -0.461 e. The lowest BCUT2D eigenvalue weighted by Crippen LogP contribution is -2.57. The fraction of sp³-hybridized carbons (Fsp3) is 0.560. The average Bonchev–Trinajstić information content (AvgIpc) is 3.59. The summed E-state index contributed by atoms with van der Waals surface area (Å²) in [6, 6.07) is 6.72. The molecule has 3 fully saturated rings. The second-order valence-corrected chi connectivity index (χ2v) is 12.9. The molecule has 13 heteroatoms. The number of rotatable bonds is 6. The first kappa shape index (κ1) is 25.0. The summed E-state index contributed by atoms with van der Waals surface area (Å²) in [7, 11) is 1.70. The number of aromatic nitrogens is 2. The van der Waals surface area contributed by atoms with Gasteiger partial charge in [-0.15, -0.1) is 23.1 Å². The number of nitrogen functional groups attached to an aromatic ring is 1. The fourth-order valence-corrected chi connectivity index (χ4v) is 9.16. The van der Waals surface area contributed by atoms with Gasteiger partial charge >= 0.3 is 6.01 Å². The average molecular weight is 552 g/mol. The van der Waals surface area contributed by atoms with Crippen molar-refractivity contribution >= 4 is 39.7 Å². The number of nitrogens with zero attached hydrogens (tertiary/aromatic N) is 8. The van der Waals surface area contributed by atoms with Gasteiger partial charge in [-0.05, 0) is 19.4 Å². The lowest BCUT2D eigenvalue weighted by molar-refractivity contribution is 0.107. The van der Waals surface area contributed by atoms with Crippen molar-refractivity contribution in [1.29, 1.82) is 15.8 Å². The summed E-state index contributed by atoms with van der Waals surface area (Å²) < 4.78 is 20.1. The molecule has 2 aromatic heterocycles. The first-order valence-corrected chi connectivity index (χ1v) is 14.3. The van der Waals surface area contributed by atoms with Gasteiger partial charge in [-0.1, -0.05) is 0 Å². The van der Waals surface area contributed by atoms with Crippen LogP contribution >= 0.6 is 23.1 Å². The number of alkyl halides is 1. The van der Waals surface area contributed by atoms with Gasteiger partial charge in [-0.2, -0.15) is 25.8 Å².